The average Bonchev–Trinajstić information content (AvgIpc) is 3.22. The maximum absolute atomic E-state index is 12.9. The maximum Gasteiger partial charge on any atom is 0.264 e. The van der Waals surface area contributed by atoms with Crippen molar-refractivity contribution in [3.8, 4) is 5.75 Å². The minimum absolute atomic E-state index is 0.0113. The third-order valence-corrected chi connectivity index (χ3v) is 5.22. The molecule has 0 saturated heterocycles. The van der Waals surface area contributed by atoms with Gasteiger partial charge < -0.3 is 9.64 Å². The highest BCUT2D eigenvalue weighted by molar-refractivity contribution is 7.13. The van der Waals surface area contributed by atoms with Crippen LogP contribution < -0.4 is 10.1 Å². The summed E-state index contributed by atoms with van der Waals surface area (Å²) < 4.78 is 5.71. The molecule has 7 heteroatoms. The minimum Gasteiger partial charge on any atom is -0.483 e. The van der Waals surface area contributed by atoms with Crippen molar-refractivity contribution in [1.82, 2.24) is 9.88 Å². The number of carbonyl (C=O) groups is 2. The maximum atomic E-state index is 12.9. The minimum atomic E-state index is -0.277. The first-order valence-corrected chi connectivity index (χ1v) is 9.86. The number of fused-ring (bicyclic) bond motifs is 1. The second-order valence-electron chi connectivity index (χ2n) is 6.42. The van der Waals surface area contributed by atoms with Gasteiger partial charge in [-0.25, -0.2) is 4.98 Å². The Morgan fingerprint density at radius 1 is 1.18 bits per heavy atom. The van der Waals surface area contributed by atoms with Crippen molar-refractivity contribution in [3.05, 3.63) is 76.8 Å². The summed E-state index contributed by atoms with van der Waals surface area (Å²) in [6, 6.07) is 15.3. The SMILES string of the molecule is O=C(COc1cccc2c1CCN(Cc1ccccc1)C2=O)Nc1nccs1. The second kappa shape index (κ2) is 8.22. The van der Waals surface area contributed by atoms with Crippen molar-refractivity contribution < 1.29 is 14.3 Å². The van der Waals surface area contributed by atoms with Crippen LogP contribution >= 0.6 is 11.3 Å². The van der Waals surface area contributed by atoms with E-state index in [1.165, 1.54) is 11.3 Å². The third-order valence-electron chi connectivity index (χ3n) is 4.54. The van der Waals surface area contributed by atoms with Gasteiger partial charge in [0.25, 0.3) is 11.8 Å². The Hall–Kier alpha value is -3.19. The van der Waals surface area contributed by atoms with Crippen molar-refractivity contribution in [3.63, 3.8) is 0 Å². The fourth-order valence-corrected chi connectivity index (χ4v) is 3.76. The molecule has 1 aliphatic rings. The lowest BCUT2D eigenvalue weighted by molar-refractivity contribution is -0.118. The van der Waals surface area contributed by atoms with Crippen molar-refractivity contribution >= 4 is 28.3 Å². The molecule has 0 bridgehead atoms. The third kappa shape index (κ3) is 4.04. The Kier molecular flexibility index (Phi) is 5.34. The van der Waals surface area contributed by atoms with Gasteiger partial charge in [-0.05, 0) is 24.1 Å². The van der Waals surface area contributed by atoms with Gasteiger partial charge in [0.1, 0.15) is 5.75 Å². The molecule has 1 N–H and O–H groups in total. The van der Waals surface area contributed by atoms with Gasteiger partial charge in [0.05, 0.1) is 0 Å². The van der Waals surface area contributed by atoms with E-state index < -0.39 is 0 Å². The molecule has 0 radical (unpaired) electrons. The molecule has 28 heavy (non-hydrogen) atoms. The van der Waals surface area contributed by atoms with Gasteiger partial charge in [-0.3, -0.25) is 14.9 Å². The number of hydrogen-bond acceptors (Lipinski definition) is 5. The zero-order chi connectivity index (χ0) is 19.3. The fourth-order valence-electron chi connectivity index (χ4n) is 3.22. The molecule has 0 saturated carbocycles. The lowest BCUT2D eigenvalue weighted by Gasteiger charge is -2.29. The van der Waals surface area contributed by atoms with Crippen LogP contribution in [0.5, 0.6) is 5.75 Å². The number of nitrogens with one attached hydrogen (secondary N) is 1. The number of amides is 2. The standard InChI is InChI=1S/C21H19N3O3S/c25-19(23-21-22-10-12-28-21)14-27-18-8-4-7-17-16(18)9-11-24(20(17)26)13-15-5-2-1-3-6-15/h1-8,10,12H,9,11,13-14H2,(H,22,23,25). The fraction of sp³-hybridized carbons (Fsp3) is 0.190. The summed E-state index contributed by atoms with van der Waals surface area (Å²) >= 11 is 1.35. The van der Waals surface area contributed by atoms with Crippen LogP contribution in [0, 0.1) is 0 Å². The molecular formula is C21H19N3O3S. The van der Waals surface area contributed by atoms with Gasteiger partial charge in [0, 0.05) is 35.8 Å². The number of hydrogen-bond donors (Lipinski definition) is 1. The summed E-state index contributed by atoms with van der Waals surface area (Å²) in [5.41, 5.74) is 2.60. The summed E-state index contributed by atoms with van der Waals surface area (Å²) in [7, 11) is 0. The highest BCUT2D eigenvalue weighted by atomic mass is 32.1. The zero-order valence-corrected chi connectivity index (χ0v) is 15.9. The molecule has 0 atom stereocenters. The van der Waals surface area contributed by atoms with Crippen molar-refractivity contribution in [2.75, 3.05) is 18.5 Å². The average molecular weight is 393 g/mol. The zero-order valence-electron chi connectivity index (χ0n) is 15.1. The van der Waals surface area contributed by atoms with E-state index in [1.807, 2.05) is 41.3 Å². The monoisotopic (exact) mass is 393 g/mol. The largest absolute Gasteiger partial charge is 0.483 e. The van der Waals surface area contributed by atoms with Gasteiger partial charge >= 0.3 is 0 Å². The van der Waals surface area contributed by atoms with Crippen LogP contribution in [0.4, 0.5) is 5.13 Å². The number of benzene rings is 2. The van der Waals surface area contributed by atoms with Crippen LogP contribution in [0.15, 0.2) is 60.1 Å². The predicted molar refractivity (Wildman–Crippen MR) is 108 cm³/mol. The van der Waals surface area contributed by atoms with Crippen LogP contribution in [-0.4, -0.2) is 34.8 Å². The molecule has 3 aromatic rings. The molecule has 0 fully saturated rings. The molecular weight excluding hydrogens is 374 g/mol. The summed E-state index contributed by atoms with van der Waals surface area (Å²) in [6.07, 6.45) is 2.32. The van der Waals surface area contributed by atoms with Crippen LogP contribution in [0.2, 0.25) is 0 Å². The lowest BCUT2D eigenvalue weighted by atomic mass is 9.97. The predicted octanol–water partition coefficient (Wildman–Crippen LogP) is 3.36. The first-order valence-electron chi connectivity index (χ1n) is 8.98. The first-order chi connectivity index (χ1) is 13.7. The normalized spacial score (nSPS) is 13.1. The van der Waals surface area contributed by atoms with Crippen LogP contribution in [0.1, 0.15) is 21.5 Å². The number of anilines is 1. The highest BCUT2D eigenvalue weighted by Crippen LogP contribution is 2.28. The van der Waals surface area contributed by atoms with E-state index >= 15 is 0 Å². The van der Waals surface area contributed by atoms with Crippen LogP contribution in [0.25, 0.3) is 0 Å². The summed E-state index contributed by atoms with van der Waals surface area (Å²) in [5.74, 6) is 0.294. The van der Waals surface area contributed by atoms with Crippen molar-refractivity contribution in [2.24, 2.45) is 0 Å². The van der Waals surface area contributed by atoms with E-state index in [0.717, 1.165) is 11.1 Å². The quantitative estimate of drug-likeness (QED) is 0.697. The summed E-state index contributed by atoms with van der Waals surface area (Å²) in [5, 5.41) is 5.01. The molecule has 1 aliphatic heterocycles. The van der Waals surface area contributed by atoms with Crippen LogP contribution in [-0.2, 0) is 17.8 Å². The number of ether oxygens (including phenoxy) is 1. The molecule has 142 valence electrons. The highest BCUT2D eigenvalue weighted by Gasteiger charge is 2.26. The Balaban J connectivity index is 1.43. The number of rotatable bonds is 6. The van der Waals surface area contributed by atoms with E-state index in [-0.39, 0.29) is 18.4 Å². The van der Waals surface area contributed by atoms with E-state index in [4.69, 9.17) is 4.74 Å². The Labute approximate surface area is 166 Å². The van der Waals surface area contributed by atoms with Crippen molar-refractivity contribution in [1.29, 1.82) is 0 Å². The first kappa shape index (κ1) is 18.2. The Bertz CT molecular complexity index is 974. The van der Waals surface area contributed by atoms with Gasteiger partial charge in [0.2, 0.25) is 0 Å². The number of carbonyl (C=O) groups excluding carboxylic acids is 2. The number of aromatic nitrogens is 1. The molecule has 4 rings (SSSR count). The Morgan fingerprint density at radius 2 is 2.04 bits per heavy atom. The Morgan fingerprint density at radius 3 is 2.82 bits per heavy atom. The number of thiazole rings is 1. The van der Waals surface area contributed by atoms with Gasteiger partial charge in [-0.2, -0.15) is 0 Å². The van der Waals surface area contributed by atoms with E-state index in [9.17, 15) is 9.59 Å². The topological polar surface area (TPSA) is 71.5 Å². The summed E-state index contributed by atoms with van der Waals surface area (Å²) in [4.78, 5) is 30.8. The van der Waals surface area contributed by atoms with Gasteiger partial charge in [0.15, 0.2) is 11.7 Å². The molecule has 0 spiro atoms. The van der Waals surface area contributed by atoms with Crippen molar-refractivity contribution in [2.45, 2.75) is 13.0 Å². The van der Waals surface area contributed by atoms with Gasteiger partial charge in [-0.15, -0.1) is 11.3 Å². The van der Waals surface area contributed by atoms with E-state index in [0.29, 0.717) is 36.0 Å². The molecule has 2 amide bonds. The second-order valence-corrected chi connectivity index (χ2v) is 7.31. The molecule has 6 nitrogen and oxygen atoms in total. The number of nitrogens with zero attached hydrogens (tertiary/aromatic N) is 2. The van der Waals surface area contributed by atoms with Gasteiger partial charge in [-0.1, -0.05) is 36.4 Å². The summed E-state index contributed by atoms with van der Waals surface area (Å²) in [6.45, 7) is 1.07. The van der Waals surface area contributed by atoms with E-state index in [1.54, 1.807) is 23.7 Å². The van der Waals surface area contributed by atoms with E-state index in [2.05, 4.69) is 10.3 Å². The molecule has 2 aromatic carbocycles. The molecule has 2 heterocycles. The smallest absolute Gasteiger partial charge is 0.264 e. The van der Waals surface area contributed by atoms with Crippen LogP contribution in [0.3, 0.4) is 0 Å². The molecule has 1 aromatic heterocycles. The molecule has 0 aliphatic carbocycles. The lowest BCUT2D eigenvalue weighted by Crippen LogP contribution is -2.37. The molecule has 0 unspecified atom stereocenters.